The summed E-state index contributed by atoms with van der Waals surface area (Å²) in [6.07, 6.45) is 14.5. The molecule has 0 aliphatic heterocycles. The number of rotatable bonds is 4. The van der Waals surface area contributed by atoms with Gasteiger partial charge in [0.1, 0.15) is 0 Å². The Kier molecular flexibility index (Phi) is 4.27. The standard InChI is InChI=1S/C16H18N4O2/c21-16(22)15-11-17-12(10-18-15)6-7-14-8-9-19-20(14)13-4-2-1-3-5-13/h6-11,13H,1-5H2,(H,21,22)/b7-6+. The molecule has 3 rings (SSSR count). The number of aromatic nitrogens is 4. The van der Waals surface area contributed by atoms with Gasteiger partial charge in [-0.25, -0.2) is 9.78 Å². The summed E-state index contributed by atoms with van der Waals surface area (Å²) in [5.74, 6) is -1.07. The van der Waals surface area contributed by atoms with Crippen molar-refractivity contribution in [3.63, 3.8) is 0 Å². The Balaban J connectivity index is 1.75. The number of hydrogen-bond donors (Lipinski definition) is 1. The Labute approximate surface area is 128 Å². The molecular formula is C16H18N4O2. The van der Waals surface area contributed by atoms with E-state index < -0.39 is 5.97 Å². The van der Waals surface area contributed by atoms with Gasteiger partial charge in [-0.1, -0.05) is 19.3 Å². The highest BCUT2D eigenvalue weighted by Gasteiger charge is 2.17. The van der Waals surface area contributed by atoms with E-state index in [4.69, 9.17) is 5.11 Å². The molecule has 22 heavy (non-hydrogen) atoms. The molecule has 1 aliphatic carbocycles. The predicted octanol–water partition coefficient (Wildman–Crippen LogP) is 3.05. The van der Waals surface area contributed by atoms with Crippen molar-refractivity contribution in [3.05, 3.63) is 41.7 Å². The van der Waals surface area contributed by atoms with Crippen molar-refractivity contribution in [2.75, 3.05) is 0 Å². The number of carbonyl (C=O) groups is 1. The molecule has 1 N–H and O–H groups in total. The maximum atomic E-state index is 10.7. The van der Waals surface area contributed by atoms with E-state index in [-0.39, 0.29) is 5.69 Å². The average molecular weight is 298 g/mol. The first-order valence-electron chi connectivity index (χ1n) is 7.51. The Bertz CT molecular complexity index is 670. The lowest BCUT2D eigenvalue weighted by molar-refractivity contribution is 0.0690. The third-order valence-corrected chi connectivity index (χ3v) is 3.94. The normalized spacial score (nSPS) is 16.2. The van der Waals surface area contributed by atoms with E-state index in [1.165, 1.54) is 44.5 Å². The summed E-state index contributed by atoms with van der Waals surface area (Å²) in [6.45, 7) is 0. The number of hydrogen-bond acceptors (Lipinski definition) is 4. The Morgan fingerprint density at radius 1 is 1.18 bits per heavy atom. The van der Waals surface area contributed by atoms with Crippen LogP contribution in [0.3, 0.4) is 0 Å². The van der Waals surface area contributed by atoms with Crippen LogP contribution in [0.15, 0.2) is 24.7 Å². The summed E-state index contributed by atoms with van der Waals surface area (Å²) in [7, 11) is 0. The lowest BCUT2D eigenvalue weighted by Gasteiger charge is -2.23. The topological polar surface area (TPSA) is 80.9 Å². The molecule has 0 atom stereocenters. The van der Waals surface area contributed by atoms with Gasteiger partial charge in [-0.2, -0.15) is 5.10 Å². The van der Waals surface area contributed by atoms with Crippen LogP contribution in [0.2, 0.25) is 0 Å². The summed E-state index contributed by atoms with van der Waals surface area (Å²) in [4.78, 5) is 18.7. The zero-order valence-corrected chi connectivity index (χ0v) is 12.2. The molecule has 0 saturated heterocycles. The maximum Gasteiger partial charge on any atom is 0.356 e. The molecule has 2 aromatic heterocycles. The van der Waals surface area contributed by atoms with Crippen molar-refractivity contribution in [3.8, 4) is 0 Å². The van der Waals surface area contributed by atoms with E-state index in [2.05, 4.69) is 19.7 Å². The van der Waals surface area contributed by atoms with Crippen LogP contribution in [0.1, 0.15) is 60.0 Å². The quantitative estimate of drug-likeness (QED) is 0.938. The molecule has 6 heteroatoms. The number of carboxylic acids is 1. The molecule has 0 amide bonds. The van der Waals surface area contributed by atoms with Crippen molar-refractivity contribution >= 4 is 18.1 Å². The van der Waals surface area contributed by atoms with Gasteiger partial charge in [-0.3, -0.25) is 9.67 Å². The maximum absolute atomic E-state index is 10.7. The van der Waals surface area contributed by atoms with Gasteiger partial charge in [0.05, 0.1) is 29.8 Å². The molecule has 1 fully saturated rings. The number of carboxylic acid groups (broad SMARTS) is 1. The van der Waals surface area contributed by atoms with Crippen LogP contribution >= 0.6 is 0 Å². The van der Waals surface area contributed by atoms with Gasteiger partial charge in [-0.15, -0.1) is 0 Å². The van der Waals surface area contributed by atoms with Gasteiger partial charge in [0, 0.05) is 6.20 Å². The molecule has 6 nitrogen and oxygen atoms in total. The summed E-state index contributed by atoms with van der Waals surface area (Å²) in [5.41, 5.74) is 1.61. The first kappa shape index (κ1) is 14.4. The molecule has 1 aliphatic rings. The van der Waals surface area contributed by atoms with E-state index in [0.717, 1.165) is 5.69 Å². The summed E-state index contributed by atoms with van der Waals surface area (Å²) in [5, 5.41) is 13.2. The highest BCUT2D eigenvalue weighted by atomic mass is 16.4. The molecule has 0 bridgehead atoms. The summed E-state index contributed by atoms with van der Waals surface area (Å²) < 4.78 is 2.08. The minimum Gasteiger partial charge on any atom is -0.476 e. The molecule has 2 aromatic rings. The van der Waals surface area contributed by atoms with E-state index in [0.29, 0.717) is 11.7 Å². The highest BCUT2D eigenvalue weighted by Crippen LogP contribution is 2.28. The fourth-order valence-corrected chi connectivity index (χ4v) is 2.79. The molecule has 2 heterocycles. The van der Waals surface area contributed by atoms with Gasteiger partial charge in [-0.05, 0) is 31.1 Å². The second-order valence-corrected chi connectivity index (χ2v) is 5.46. The predicted molar refractivity (Wildman–Crippen MR) is 82.3 cm³/mol. The minimum absolute atomic E-state index is 0.0515. The van der Waals surface area contributed by atoms with E-state index >= 15 is 0 Å². The molecule has 0 aromatic carbocycles. The highest BCUT2D eigenvalue weighted by molar-refractivity contribution is 5.84. The second-order valence-electron chi connectivity index (χ2n) is 5.46. The monoisotopic (exact) mass is 298 g/mol. The second kappa shape index (κ2) is 6.51. The fourth-order valence-electron chi connectivity index (χ4n) is 2.79. The SMILES string of the molecule is O=C(O)c1cnc(/C=C/c2ccnn2C2CCCCC2)cn1. The number of nitrogens with zero attached hydrogens (tertiary/aromatic N) is 4. The van der Waals surface area contributed by atoms with Crippen LogP contribution in [0, 0.1) is 0 Å². The van der Waals surface area contributed by atoms with E-state index in [1.54, 1.807) is 0 Å². The zero-order valence-electron chi connectivity index (χ0n) is 12.2. The van der Waals surface area contributed by atoms with Gasteiger partial charge >= 0.3 is 5.97 Å². The molecular weight excluding hydrogens is 280 g/mol. The first-order chi connectivity index (χ1) is 10.7. The van der Waals surface area contributed by atoms with Crippen molar-refractivity contribution in [1.29, 1.82) is 0 Å². The third kappa shape index (κ3) is 3.21. The molecule has 1 saturated carbocycles. The van der Waals surface area contributed by atoms with Crippen LogP contribution in [0.4, 0.5) is 0 Å². The smallest absolute Gasteiger partial charge is 0.356 e. The lowest BCUT2D eigenvalue weighted by atomic mass is 9.95. The minimum atomic E-state index is -1.07. The summed E-state index contributed by atoms with van der Waals surface area (Å²) >= 11 is 0. The Morgan fingerprint density at radius 3 is 2.68 bits per heavy atom. The zero-order chi connectivity index (χ0) is 15.4. The average Bonchev–Trinajstić information content (AvgIpc) is 3.02. The largest absolute Gasteiger partial charge is 0.476 e. The van der Waals surface area contributed by atoms with Crippen LogP contribution in [-0.2, 0) is 0 Å². The van der Waals surface area contributed by atoms with Gasteiger partial charge in [0.25, 0.3) is 0 Å². The molecule has 0 spiro atoms. The molecule has 0 unspecified atom stereocenters. The Hall–Kier alpha value is -2.50. The van der Waals surface area contributed by atoms with Crippen molar-refractivity contribution in [2.45, 2.75) is 38.1 Å². The van der Waals surface area contributed by atoms with Crippen LogP contribution in [0.5, 0.6) is 0 Å². The number of aromatic carboxylic acids is 1. The van der Waals surface area contributed by atoms with Crippen LogP contribution in [0.25, 0.3) is 12.2 Å². The van der Waals surface area contributed by atoms with Crippen molar-refractivity contribution < 1.29 is 9.90 Å². The van der Waals surface area contributed by atoms with Gasteiger partial charge < -0.3 is 5.11 Å². The summed E-state index contributed by atoms with van der Waals surface area (Å²) in [6, 6.07) is 2.45. The van der Waals surface area contributed by atoms with Crippen molar-refractivity contribution in [1.82, 2.24) is 19.7 Å². The van der Waals surface area contributed by atoms with E-state index in [9.17, 15) is 4.79 Å². The van der Waals surface area contributed by atoms with Gasteiger partial charge in [0.15, 0.2) is 5.69 Å². The van der Waals surface area contributed by atoms with E-state index in [1.807, 2.05) is 24.4 Å². The Morgan fingerprint density at radius 2 is 2.00 bits per heavy atom. The lowest BCUT2D eigenvalue weighted by Crippen LogP contribution is -2.15. The van der Waals surface area contributed by atoms with Crippen LogP contribution < -0.4 is 0 Å². The van der Waals surface area contributed by atoms with Gasteiger partial charge in [0.2, 0.25) is 0 Å². The molecule has 114 valence electrons. The third-order valence-electron chi connectivity index (χ3n) is 3.94. The van der Waals surface area contributed by atoms with Crippen LogP contribution in [-0.4, -0.2) is 30.8 Å². The van der Waals surface area contributed by atoms with Crippen molar-refractivity contribution in [2.24, 2.45) is 0 Å². The first-order valence-corrected chi connectivity index (χ1v) is 7.51. The molecule has 0 radical (unpaired) electrons. The fraction of sp³-hybridized carbons (Fsp3) is 0.375.